The molecule has 0 aliphatic rings. The van der Waals surface area contributed by atoms with Crippen LogP contribution >= 0.6 is 7.14 Å². The maximum absolute atomic E-state index is 12.4. The van der Waals surface area contributed by atoms with E-state index in [1.54, 1.807) is 65.5 Å². The minimum absolute atomic E-state index is 0.00492. The molecule has 1 amide bonds. The fraction of sp³-hybridized carbons (Fsp3) is 0.455. The van der Waals surface area contributed by atoms with Gasteiger partial charge in [0, 0.05) is 25.9 Å². The quantitative estimate of drug-likeness (QED) is 0.329. The van der Waals surface area contributed by atoms with Gasteiger partial charge >= 0.3 is 0 Å². The van der Waals surface area contributed by atoms with Crippen LogP contribution in [-0.2, 0) is 14.1 Å². The van der Waals surface area contributed by atoms with Crippen LogP contribution in [-0.4, -0.2) is 78.9 Å². The fourth-order valence-corrected chi connectivity index (χ4v) is 3.68. The average molecular weight is 468 g/mol. The van der Waals surface area contributed by atoms with Crippen LogP contribution in [0.25, 0.3) is 5.69 Å². The van der Waals surface area contributed by atoms with Gasteiger partial charge < -0.3 is 33.7 Å². The van der Waals surface area contributed by atoms with E-state index in [9.17, 15) is 24.4 Å². The number of nitrogens with zero attached hydrogens (tertiary/aromatic N) is 2. The topological polar surface area (TPSA) is 118 Å². The number of benzene rings is 1. The van der Waals surface area contributed by atoms with Crippen molar-refractivity contribution in [3.05, 3.63) is 35.7 Å². The van der Waals surface area contributed by atoms with E-state index in [1.807, 2.05) is 0 Å². The number of carbonyl (C=O) groups is 2. The number of ether oxygens (including phenoxy) is 2. The molecule has 0 saturated heterocycles. The van der Waals surface area contributed by atoms with Crippen molar-refractivity contribution >= 4 is 19.5 Å². The van der Waals surface area contributed by atoms with Gasteiger partial charge in [0.05, 0.1) is 26.0 Å². The molecule has 0 aliphatic heterocycles. The summed E-state index contributed by atoms with van der Waals surface area (Å²) in [5, 5.41) is 20.3. The number of hydrogen-bond donors (Lipinski definition) is 2. The zero-order valence-electron chi connectivity index (χ0n) is 19.5. The van der Waals surface area contributed by atoms with Crippen LogP contribution in [0.15, 0.2) is 24.3 Å². The molecular formula is C22H33N2O7P. The summed E-state index contributed by atoms with van der Waals surface area (Å²) >= 11 is 0. The first-order chi connectivity index (χ1) is 14.9. The molecule has 0 fully saturated rings. The molecule has 0 saturated carbocycles. The van der Waals surface area contributed by atoms with Crippen molar-refractivity contribution in [1.82, 2.24) is 9.47 Å². The molecule has 0 bridgehead atoms. The van der Waals surface area contributed by atoms with Crippen molar-refractivity contribution in [2.75, 3.05) is 46.8 Å². The fourth-order valence-electron chi connectivity index (χ4n) is 2.79. The Morgan fingerprint density at radius 3 is 2.19 bits per heavy atom. The van der Waals surface area contributed by atoms with Gasteiger partial charge in [-0.15, -0.1) is 0 Å². The summed E-state index contributed by atoms with van der Waals surface area (Å²) in [5.74, 6) is -0.515. The lowest BCUT2D eigenvalue weighted by Crippen LogP contribution is -2.24. The SMILES string of the molecule is CCOC=O.Cc1c(O)c(O)c(C(=O)N(C)C)n1-c1ccc(OCCCP(C)(C)=O)cc1. The van der Waals surface area contributed by atoms with Gasteiger partial charge in [0.1, 0.15) is 5.75 Å². The van der Waals surface area contributed by atoms with Crippen LogP contribution in [0.3, 0.4) is 0 Å². The van der Waals surface area contributed by atoms with Crippen LogP contribution in [0, 0.1) is 6.92 Å². The van der Waals surface area contributed by atoms with E-state index in [4.69, 9.17) is 4.74 Å². The maximum Gasteiger partial charge on any atom is 0.293 e. The van der Waals surface area contributed by atoms with E-state index in [0.29, 0.717) is 49.4 Å². The lowest BCUT2D eigenvalue weighted by Gasteiger charge is -2.15. The van der Waals surface area contributed by atoms with Gasteiger partial charge in [0.15, 0.2) is 17.2 Å². The third-order valence-electron chi connectivity index (χ3n) is 4.40. The van der Waals surface area contributed by atoms with Gasteiger partial charge in [-0.2, -0.15) is 0 Å². The Labute approximate surface area is 188 Å². The highest BCUT2D eigenvalue weighted by atomic mass is 31.2. The number of amides is 1. The molecule has 2 N–H and O–H groups in total. The molecule has 0 spiro atoms. The zero-order chi connectivity index (χ0) is 24.5. The van der Waals surface area contributed by atoms with E-state index >= 15 is 0 Å². The van der Waals surface area contributed by atoms with Gasteiger partial charge in [-0.05, 0) is 57.9 Å². The summed E-state index contributed by atoms with van der Waals surface area (Å²) in [6.07, 6.45) is 1.36. The summed E-state index contributed by atoms with van der Waals surface area (Å²) < 4.78 is 23.0. The predicted octanol–water partition coefficient (Wildman–Crippen LogP) is 3.47. The van der Waals surface area contributed by atoms with Crippen LogP contribution in [0.1, 0.15) is 29.5 Å². The first kappa shape index (κ1) is 27.1. The second-order valence-corrected chi connectivity index (χ2v) is 11.3. The van der Waals surface area contributed by atoms with Crippen LogP contribution in [0.5, 0.6) is 17.2 Å². The average Bonchev–Trinajstić information content (AvgIpc) is 2.95. The summed E-state index contributed by atoms with van der Waals surface area (Å²) in [5.41, 5.74) is 0.991. The molecule has 0 atom stereocenters. The van der Waals surface area contributed by atoms with Crippen molar-refractivity contribution in [3.63, 3.8) is 0 Å². The Morgan fingerprint density at radius 1 is 1.16 bits per heavy atom. The number of aromatic nitrogens is 1. The molecule has 0 aliphatic carbocycles. The Bertz CT molecular complexity index is 946. The lowest BCUT2D eigenvalue weighted by molar-refractivity contribution is -0.128. The molecule has 178 valence electrons. The van der Waals surface area contributed by atoms with Crippen LogP contribution < -0.4 is 4.74 Å². The maximum atomic E-state index is 12.4. The summed E-state index contributed by atoms with van der Waals surface area (Å²) in [6, 6.07) is 7.00. The lowest BCUT2D eigenvalue weighted by atomic mass is 10.2. The molecule has 32 heavy (non-hydrogen) atoms. The second kappa shape index (κ2) is 12.2. The Hall–Kier alpha value is -2.93. The third kappa shape index (κ3) is 7.64. The van der Waals surface area contributed by atoms with E-state index in [-0.39, 0.29) is 11.4 Å². The van der Waals surface area contributed by atoms with Crippen molar-refractivity contribution in [1.29, 1.82) is 0 Å². The molecule has 2 rings (SSSR count). The molecule has 2 aromatic rings. The molecule has 0 radical (unpaired) electrons. The second-order valence-electron chi connectivity index (χ2n) is 7.71. The largest absolute Gasteiger partial charge is 0.503 e. The normalized spacial score (nSPS) is 10.7. The van der Waals surface area contributed by atoms with Gasteiger partial charge in [-0.25, -0.2) is 0 Å². The minimum Gasteiger partial charge on any atom is -0.503 e. The number of hydrogen-bond acceptors (Lipinski definition) is 7. The van der Waals surface area contributed by atoms with Crippen molar-refractivity contribution < 1.29 is 33.8 Å². The summed E-state index contributed by atoms with van der Waals surface area (Å²) in [6.45, 7) is 8.29. The van der Waals surface area contributed by atoms with E-state index in [0.717, 1.165) is 0 Å². The smallest absolute Gasteiger partial charge is 0.293 e. The van der Waals surface area contributed by atoms with Crippen molar-refractivity contribution in [2.24, 2.45) is 0 Å². The van der Waals surface area contributed by atoms with Gasteiger partial charge in [-0.3, -0.25) is 9.59 Å². The first-order valence-electron chi connectivity index (χ1n) is 10.1. The Kier molecular flexibility index (Phi) is 10.3. The number of rotatable bonds is 9. The monoisotopic (exact) mass is 468 g/mol. The van der Waals surface area contributed by atoms with Crippen LogP contribution in [0.2, 0.25) is 0 Å². The Morgan fingerprint density at radius 2 is 1.75 bits per heavy atom. The van der Waals surface area contributed by atoms with E-state index in [2.05, 4.69) is 4.74 Å². The highest BCUT2D eigenvalue weighted by Gasteiger charge is 2.27. The van der Waals surface area contributed by atoms with Crippen molar-refractivity contribution in [3.8, 4) is 22.9 Å². The molecule has 10 heteroatoms. The van der Waals surface area contributed by atoms with Crippen molar-refractivity contribution in [2.45, 2.75) is 20.3 Å². The van der Waals surface area contributed by atoms with Gasteiger partial charge in [0.25, 0.3) is 12.4 Å². The van der Waals surface area contributed by atoms with E-state index < -0.39 is 18.8 Å². The van der Waals surface area contributed by atoms with Gasteiger partial charge in [0.2, 0.25) is 0 Å². The highest BCUT2D eigenvalue weighted by Crippen LogP contribution is 2.38. The Balaban J connectivity index is 0.000000920. The predicted molar refractivity (Wildman–Crippen MR) is 124 cm³/mol. The van der Waals surface area contributed by atoms with E-state index in [1.165, 1.54) is 9.47 Å². The molecule has 0 unspecified atom stereocenters. The minimum atomic E-state index is -2.03. The summed E-state index contributed by atoms with van der Waals surface area (Å²) in [7, 11) is 1.12. The van der Waals surface area contributed by atoms with Crippen LogP contribution in [0.4, 0.5) is 0 Å². The molecular weight excluding hydrogens is 435 g/mol. The molecule has 1 aromatic carbocycles. The first-order valence-corrected chi connectivity index (χ1v) is 12.9. The van der Waals surface area contributed by atoms with Gasteiger partial charge in [-0.1, -0.05) is 0 Å². The number of carbonyl (C=O) groups excluding carboxylic acids is 2. The zero-order valence-corrected chi connectivity index (χ0v) is 20.4. The number of aromatic hydroxyl groups is 2. The highest BCUT2D eigenvalue weighted by molar-refractivity contribution is 7.62. The standard InChI is InChI=1S/C19H27N2O5P.C3H6O2/c1-13-17(22)18(23)16(19(24)20(2)3)21(13)14-7-9-15(10-8-14)26-11-6-12-27(4,5)25;1-2-5-3-4/h7-10,22-23H,6,11-12H2,1-5H3;3H,2H2,1H3. The molecule has 9 nitrogen and oxygen atoms in total. The molecule has 1 heterocycles. The summed E-state index contributed by atoms with van der Waals surface area (Å²) in [4.78, 5) is 23.0. The molecule has 1 aromatic heterocycles. The third-order valence-corrected chi connectivity index (χ3v) is 5.79.